The number of aromatic amines is 1. The van der Waals surface area contributed by atoms with Crippen LogP contribution in [0.4, 0.5) is 5.82 Å². The summed E-state index contributed by atoms with van der Waals surface area (Å²) < 4.78 is 1.66. The molecule has 0 fully saturated rings. The number of nitrogen functional groups attached to an aromatic ring is 1. The number of hydrogen-bond donors (Lipinski definition) is 6. The highest BCUT2D eigenvalue weighted by atomic mass is 35.5. The molecule has 0 spiro atoms. The highest BCUT2D eigenvalue weighted by Crippen LogP contribution is 2.42. The van der Waals surface area contributed by atoms with Crippen molar-refractivity contribution in [3.8, 4) is 39.3 Å². The van der Waals surface area contributed by atoms with Gasteiger partial charge in [0.1, 0.15) is 30.1 Å². The summed E-state index contributed by atoms with van der Waals surface area (Å²) in [4.78, 5) is 61.3. The van der Waals surface area contributed by atoms with E-state index in [-0.39, 0.29) is 35.7 Å². The number of halogens is 2. The number of aldehydes is 1. The quantitative estimate of drug-likeness (QED) is 0.0298. The Morgan fingerprint density at radius 1 is 0.853 bits per heavy atom. The number of H-pyrrole nitrogens is 1. The minimum Gasteiger partial charge on any atom is -0.508 e. The Labute approximate surface area is 407 Å². The first-order chi connectivity index (χ1) is 32.9. The third kappa shape index (κ3) is 13.4. The van der Waals surface area contributed by atoms with Gasteiger partial charge in [-0.15, -0.1) is 0 Å². The number of unbranched alkanes of at least 4 members (excludes halogenated alkanes) is 7. The van der Waals surface area contributed by atoms with E-state index in [2.05, 4.69) is 42.8 Å². The zero-order valence-corrected chi connectivity index (χ0v) is 40.6. The molecule has 0 radical (unpaired) electrons. The van der Waals surface area contributed by atoms with Gasteiger partial charge in [-0.25, -0.2) is 4.98 Å². The Morgan fingerprint density at radius 2 is 1.53 bits per heavy atom. The minimum atomic E-state index is -0.321. The lowest BCUT2D eigenvalue weighted by Gasteiger charge is -2.22. The van der Waals surface area contributed by atoms with E-state index in [1.807, 2.05) is 43.5 Å². The molecule has 0 saturated carbocycles. The number of aromatic hydroxyl groups is 1. The summed E-state index contributed by atoms with van der Waals surface area (Å²) in [6.45, 7) is 6.66. The van der Waals surface area contributed by atoms with Gasteiger partial charge in [-0.2, -0.15) is 5.10 Å². The first-order valence-corrected chi connectivity index (χ1v) is 24.2. The lowest BCUT2D eigenvalue weighted by atomic mass is 9.92. The van der Waals surface area contributed by atoms with Crippen molar-refractivity contribution in [3.63, 3.8) is 0 Å². The van der Waals surface area contributed by atoms with Crippen LogP contribution in [0.25, 0.3) is 44.4 Å². The fourth-order valence-corrected chi connectivity index (χ4v) is 8.95. The minimum absolute atomic E-state index is 0.0247. The smallest absolute Gasteiger partial charge is 0.269 e. The number of phenolic OH excluding ortho intramolecular Hbond substituents is 1. The maximum Gasteiger partial charge on any atom is 0.269 e. The Hall–Kier alpha value is -6.29. The Morgan fingerprint density at radius 3 is 2.24 bits per heavy atom. The third-order valence-electron chi connectivity index (χ3n) is 12.0. The van der Waals surface area contributed by atoms with Gasteiger partial charge in [0, 0.05) is 97.5 Å². The zero-order valence-electron chi connectivity index (χ0n) is 39.1. The van der Waals surface area contributed by atoms with Crippen molar-refractivity contribution in [2.75, 3.05) is 39.0 Å². The number of rotatable bonds is 21. The standard InChI is InChI=1S/C49H58Cl2N10O4.C2H4O/c1-3-34-36(28-57-48(52)44(34)31-13-16-33(62)17-14-31)32-15-18-41(56-27-32)49(65)55-23-22-54-42(63)12-10-8-6-4-5-7-9-11-21-53-43(64)30-61-25-20-40(59-61)35-26-38(50)46(51)47-45(35)37-29-60(2)24-19-39(37)58-47;1-2-3/h13-18,20,25-28,58,62H,3-12,19,21-24,29-30H2,1-2H3,(H2,52,57)(H,53,64)(H,54,63)(H,55,65);2H,1H3. The number of aromatic nitrogens is 5. The molecule has 7 N–H and O–H groups in total. The van der Waals surface area contributed by atoms with Gasteiger partial charge in [-0.1, -0.05) is 86.8 Å². The fraction of sp³-hybridized carbons (Fsp3) is 0.392. The lowest BCUT2D eigenvalue weighted by Crippen LogP contribution is -2.34. The molecule has 6 aromatic rings. The lowest BCUT2D eigenvalue weighted by molar-refractivity contribution is -0.122. The van der Waals surface area contributed by atoms with E-state index in [0.717, 1.165) is 127 Å². The SMILES string of the molecule is CC=O.CCc1c(-c2ccc(C(=O)NCCNC(=O)CCCCCCCCCCNC(=O)Cn3ccc(-c4cc(Cl)c(Cl)c5[nH]c6c(c45)CN(C)CC6)n3)nc2)cnc(N)c1-c1ccc(O)cc1. The van der Waals surface area contributed by atoms with Gasteiger partial charge in [0.2, 0.25) is 11.8 Å². The van der Waals surface area contributed by atoms with Crippen LogP contribution < -0.4 is 21.7 Å². The van der Waals surface area contributed by atoms with Gasteiger partial charge in [-0.05, 0) is 80.3 Å². The second-order valence-corrected chi connectivity index (χ2v) is 17.7. The van der Waals surface area contributed by atoms with Crippen LogP contribution in [0.2, 0.25) is 10.0 Å². The highest BCUT2D eigenvalue weighted by molar-refractivity contribution is 6.45. The maximum absolute atomic E-state index is 12.8. The van der Waals surface area contributed by atoms with Gasteiger partial charge < -0.3 is 41.5 Å². The molecule has 68 heavy (non-hydrogen) atoms. The molecule has 0 atom stereocenters. The van der Waals surface area contributed by atoms with Gasteiger partial charge in [0.25, 0.3) is 5.91 Å². The van der Waals surface area contributed by atoms with Crippen molar-refractivity contribution >= 4 is 63.9 Å². The fourth-order valence-electron chi connectivity index (χ4n) is 8.55. The number of benzene rings is 2. The number of nitrogens with zero attached hydrogens (tertiary/aromatic N) is 5. The van der Waals surface area contributed by atoms with E-state index in [0.29, 0.717) is 48.3 Å². The van der Waals surface area contributed by atoms with E-state index in [1.54, 1.807) is 35.3 Å². The molecule has 0 unspecified atom stereocenters. The van der Waals surface area contributed by atoms with Crippen molar-refractivity contribution in [2.24, 2.45) is 0 Å². The van der Waals surface area contributed by atoms with Gasteiger partial charge in [-0.3, -0.25) is 24.0 Å². The molecule has 17 heteroatoms. The normalized spacial score (nSPS) is 12.2. The van der Waals surface area contributed by atoms with Gasteiger partial charge >= 0.3 is 0 Å². The number of anilines is 1. The van der Waals surface area contributed by atoms with Crippen LogP contribution >= 0.6 is 23.2 Å². The van der Waals surface area contributed by atoms with Crippen LogP contribution in [0.5, 0.6) is 5.75 Å². The van der Waals surface area contributed by atoms with E-state index in [4.69, 9.17) is 38.8 Å². The van der Waals surface area contributed by atoms with E-state index < -0.39 is 0 Å². The summed E-state index contributed by atoms with van der Waals surface area (Å²) in [5.74, 6) is 0.152. The van der Waals surface area contributed by atoms with Crippen LogP contribution in [-0.2, 0) is 40.3 Å². The number of carbonyl (C=O) groups is 4. The van der Waals surface area contributed by atoms with Crippen LogP contribution in [-0.4, -0.2) is 92.0 Å². The molecular weight excluding hydrogens is 904 g/mol. The maximum atomic E-state index is 12.8. The summed E-state index contributed by atoms with van der Waals surface area (Å²) in [5.41, 5.74) is 15.8. The van der Waals surface area contributed by atoms with E-state index in [9.17, 15) is 19.5 Å². The van der Waals surface area contributed by atoms with Crippen LogP contribution in [0.1, 0.15) is 98.9 Å². The highest BCUT2D eigenvalue weighted by Gasteiger charge is 2.25. The molecule has 4 aromatic heterocycles. The zero-order chi connectivity index (χ0) is 48.6. The van der Waals surface area contributed by atoms with Crippen molar-refractivity contribution in [1.29, 1.82) is 0 Å². The topological polar surface area (TPSA) is 213 Å². The molecule has 5 heterocycles. The summed E-state index contributed by atoms with van der Waals surface area (Å²) in [7, 11) is 2.11. The third-order valence-corrected chi connectivity index (χ3v) is 12.8. The molecule has 2 aromatic carbocycles. The first-order valence-electron chi connectivity index (χ1n) is 23.4. The van der Waals surface area contributed by atoms with Gasteiger partial charge in [0.05, 0.1) is 21.3 Å². The van der Waals surface area contributed by atoms with Crippen LogP contribution in [0, 0.1) is 0 Å². The number of carbonyl (C=O) groups excluding carboxylic acids is 4. The number of fused-ring (bicyclic) bond motifs is 3. The second kappa shape index (κ2) is 25.2. The summed E-state index contributed by atoms with van der Waals surface area (Å²) in [5, 5.41) is 25.2. The number of amides is 3. The molecule has 0 aliphatic carbocycles. The number of likely N-dealkylation sites (N-methyl/N-ethyl adjacent to an activating group) is 1. The predicted octanol–water partition coefficient (Wildman–Crippen LogP) is 8.68. The molecule has 3 amide bonds. The summed E-state index contributed by atoms with van der Waals surface area (Å²) in [6, 6.07) is 14.1. The van der Waals surface area contributed by atoms with Crippen molar-refractivity contribution < 1.29 is 24.3 Å². The number of pyridine rings is 2. The summed E-state index contributed by atoms with van der Waals surface area (Å²) >= 11 is 13.2. The first kappa shape index (κ1) is 51.1. The Kier molecular flexibility index (Phi) is 18.9. The molecule has 15 nitrogen and oxygen atoms in total. The molecule has 0 saturated heterocycles. The largest absolute Gasteiger partial charge is 0.508 e. The number of hydrogen-bond acceptors (Lipinski definition) is 10. The monoisotopic (exact) mass is 964 g/mol. The van der Waals surface area contributed by atoms with Crippen molar-refractivity contribution in [2.45, 2.75) is 97.6 Å². The molecule has 360 valence electrons. The van der Waals surface area contributed by atoms with E-state index in [1.165, 1.54) is 18.2 Å². The molecular formula is C51H62Cl2N10O5. The Bertz CT molecular complexity index is 2670. The van der Waals surface area contributed by atoms with E-state index >= 15 is 0 Å². The predicted molar refractivity (Wildman–Crippen MR) is 270 cm³/mol. The van der Waals surface area contributed by atoms with Gasteiger partial charge in [0.15, 0.2) is 0 Å². The van der Waals surface area contributed by atoms with Crippen molar-refractivity contribution in [3.05, 3.63) is 99.7 Å². The van der Waals surface area contributed by atoms with Crippen molar-refractivity contribution in [1.82, 2.24) is 45.6 Å². The molecule has 0 bridgehead atoms. The second-order valence-electron chi connectivity index (χ2n) is 17.0. The molecule has 1 aliphatic heterocycles. The van der Waals surface area contributed by atoms with Crippen LogP contribution in [0.3, 0.4) is 0 Å². The number of nitrogens with one attached hydrogen (secondary N) is 4. The number of nitrogens with two attached hydrogens (primary N) is 1. The molecule has 1 aliphatic rings. The molecule has 7 rings (SSSR count). The summed E-state index contributed by atoms with van der Waals surface area (Å²) in [6.07, 6.45) is 16.2. The average Bonchev–Trinajstić information content (AvgIpc) is 3.96. The van der Waals surface area contributed by atoms with Crippen LogP contribution in [0.15, 0.2) is 67.1 Å². The number of phenols is 1. The Balaban J connectivity index is 0.00000247. The average molecular weight is 966 g/mol.